The number of thiophene rings is 1. The van der Waals surface area contributed by atoms with Gasteiger partial charge < -0.3 is 9.52 Å². The summed E-state index contributed by atoms with van der Waals surface area (Å²) in [6, 6.07) is 6.87. The molecular weight excluding hydrogens is 268 g/mol. The van der Waals surface area contributed by atoms with Crippen LogP contribution in [0.15, 0.2) is 33.4 Å². The predicted molar refractivity (Wildman–Crippen MR) is 56.7 cm³/mol. The molecule has 0 atom stereocenters. The molecule has 0 aliphatic carbocycles. The van der Waals surface area contributed by atoms with E-state index in [0.29, 0.717) is 15.3 Å². The van der Waals surface area contributed by atoms with E-state index in [-0.39, 0.29) is 0 Å². The second-order valence-electron chi connectivity index (χ2n) is 2.57. The molecule has 0 saturated heterocycles. The smallest absolute Gasteiger partial charge is 0.345 e. The molecule has 5 heteroatoms. The van der Waals surface area contributed by atoms with Crippen LogP contribution in [0.1, 0.15) is 9.67 Å². The van der Waals surface area contributed by atoms with Crippen molar-refractivity contribution in [3.63, 3.8) is 0 Å². The Labute approximate surface area is 92.1 Å². The van der Waals surface area contributed by atoms with Crippen molar-refractivity contribution in [2.24, 2.45) is 0 Å². The van der Waals surface area contributed by atoms with E-state index in [2.05, 4.69) is 15.9 Å². The van der Waals surface area contributed by atoms with Crippen LogP contribution in [-0.4, -0.2) is 11.1 Å². The molecular formula is C9H5BrO3S. The van der Waals surface area contributed by atoms with Crippen LogP contribution < -0.4 is 0 Å². The summed E-state index contributed by atoms with van der Waals surface area (Å²) in [7, 11) is 0. The highest BCUT2D eigenvalue weighted by molar-refractivity contribution is 9.10. The summed E-state index contributed by atoms with van der Waals surface area (Å²) in [5.74, 6) is -0.235. The Balaban J connectivity index is 2.38. The van der Waals surface area contributed by atoms with Crippen molar-refractivity contribution in [3.05, 3.63) is 33.8 Å². The number of furan rings is 1. The zero-order chi connectivity index (χ0) is 10.1. The summed E-state index contributed by atoms with van der Waals surface area (Å²) >= 11 is 4.38. The molecule has 0 aromatic carbocycles. The summed E-state index contributed by atoms with van der Waals surface area (Å²) in [6.07, 6.45) is 0. The van der Waals surface area contributed by atoms with Crippen LogP contribution in [0.2, 0.25) is 0 Å². The Kier molecular flexibility index (Phi) is 2.43. The number of carboxylic acids is 1. The van der Waals surface area contributed by atoms with Crippen LogP contribution in [-0.2, 0) is 0 Å². The summed E-state index contributed by atoms with van der Waals surface area (Å²) in [4.78, 5) is 11.7. The first-order chi connectivity index (χ1) is 6.66. The van der Waals surface area contributed by atoms with Gasteiger partial charge in [-0.1, -0.05) is 0 Å². The van der Waals surface area contributed by atoms with Gasteiger partial charge in [-0.2, -0.15) is 0 Å². The molecule has 14 heavy (non-hydrogen) atoms. The highest BCUT2D eigenvalue weighted by atomic mass is 79.9. The number of carboxylic acid groups (broad SMARTS) is 1. The van der Waals surface area contributed by atoms with Gasteiger partial charge >= 0.3 is 5.97 Å². The molecule has 0 saturated carbocycles. The Morgan fingerprint density at radius 1 is 1.36 bits per heavy atom. The maximum absolute atomic E-state index is 10.6. The Bertz CT molecular complexity index is 472. The Hall–Kier alpha value is -1.07. The molecule has 0 radical (unpaired) electrons. The third-order valence-electron chi connectivity index (χ3n) is 1.63. The van der Waals surface area contributed by atoms with Crippen LogP contribution in [0.3, 0.4) is 0 Å². The van der Waals surface area contributed by atoms with E-state index in [1.54, 1.807) is 24.3 Å². The molecule has 2 rings (SSSR count). The lowest BCUT2D eigenvalue weighted by molar-refractivity contribution is 0.0702. The molecule has 2 aromatic heterocycles. The second kappa shape index (κ2) is 3.59. The van der Waals surface area contributed by atoms with Crippen molar-refractivity contribution in [2.75, 3.05) is 0 Å². The van der Waals surface area contributed by atoms with E-state index in [1.807, 2.05) is 0 Å². The van der Waals surface area contributed by atoms with Crippen molar-refractivity contribution in [2.45, 2.75) is 0 Å². The maximum Gasteiger partial charge on any atom is 0.345 e. The fourth-order valence-corrected chi connectivity index (χ4v) is 2.15. The van der Waals surface area contributed by atoms with Gasteiger partial charge in [0.25, 0.3) is 0 Å². The van der Waals surface area contributed by atoms with Crippen LogP contribution in [0, 0.1) is 0 Å². The molecule has 3 nitrogen and oxygen atoms in total. The highest BCUT2D eigenvalue weighted by Crippen LogP contribution is 2.30. The molecule has 72 valence electrons. The van der Waals surface area contributed by atoms with Gasteiger partial charge in [0.05, 0.1) is 4.88 Å². The predicted octanol–water partition coefficient (Wildman–Crippen LogP) is 3.47. The van der Waals surface area contributed by atoms with Crippen molar-refractivity contribution >= 4 is 33.2 Å². The monoisotopic (exact) mass is 272 g/mol. The zero-order valence-corrected chi connectivity index (χ0v) is 9.26. The van der Waals surface area contributed by atoms with Gasteiger partial charge in [0.2, 0.25) is 0 Å². The van der Waals surface area contributed by atoms with Gasteiger partial charge in [0, 0.05) is 0 Å². The van der Waals surface area contributed by atoms with Crippen molar-refractivity contribution < 1.29 is 14.3 Å². The van der Waals surface area contributed by atoms with Crippen LogP contribution in [0.25, 0.3) is 10.6 Å². The first-order valence-corrected chi connectivity index (χ1v) is 5.36. The molecule has 1 N–H and O–H groups in total. The highest BCUT2D eigenvalue weighted by Gasteiger charge is 2.10. The summed E-state index contributed by atoms with van der Waals surface area (Å²) < 4.78 is 5.93. The lowest BCUT2D eigenvalue weighted by atomic mass is 10.3. The average Bonchev–Trinajstić information content (AvgIpc) is 2.70. The van der Waals surface area contributed by atoms with E-state index in [0.717, 1.165) is 4.88 Å². The van der Waals surface area contributed by atoms with Crippen LogP contribution in [0.5, 0.6) is 0 Å². The van der Waals surface area contributed by atoms with Gasteiger partial charge in [0.1, 0.15) is 10.6 Å². The van der Waals surface area contributed by atoms with Crippen LogP contribution >= 0.6 is 27.3 Å². The van der Waals surface area contributed by atoms with Gasteiger partial charge in [-0.25, -0.2) is 4.79 Å². The zero-order valence-electron chi connectivity index (χ0n) is 6.86. The van der Waals surface area contributed by atoms with Crippen molar-refractivity contribution in [3.8, 4) is 10.6 Å². The van der Waals surface area contributed by atoms with Gasteiger partial charge in [0.15, 0.2) is 4.67 Å². The molecule has 0 aliphatic rings. The molecule has 0 spiro atoms. The Morgan fingerprint density at radius 2 is 2.14 bits per heavy atom. The third-order valence-corrected chi connectivity index (χ3v) is 3.15. The molecule has 0 aliphatic heterocycles. The number of rotatable bonds is 2. The normalized spacial score (nSPS) is 10.4. The molecule has 0 fully saturated rings. The summed E-state index contributed by atoms with van der Waals surface area (Å²) in [5, 5.41) is 8.72. The first-order valence-electron chi connectivity index (χ1n) is 3.75. The molecule has 2 heterocycles. The standard InChI is InChI=1S/C9H5BrO3S/c10-8-4-1-5(13-8)6-2-3-7(14-6)9(11)12/h1-4H,(H,11,12). The third kappa shape index (κ3) is 1.73. The van der Waals surface area contributed by atoms with Crippen molar-refractivity contribution in [1.82, 2.24) is 0 Å². The number of hydrogen-bond acceptors (Lipinski definition) is 3. The SMILES string of the molecule is O=C(O)c1ccc(-c2ccc(Br)o2)s1. The van der Waals surface area contributed by atoms with E-state index in [4.69, 9.17) is 9.52 Å². The van der Waals surface area contributed by atoms with Gasteiger partial charge in [-0.3, -0.25) is 0 Å². The fraction of sp³-hybridized carbons (Fsp3) is 0. The minimum absolute atomic E-state index is 0.313. The lowest BCUT2D eigenvalue weighted by Gasteiger charge is -1.87. The van der Waals surface area contributed by atoms with Gasteiger partial charge in [-0.15, -0.1) is 11.3 Å². The number of hydrogen-bond donors (Lipinski definition) is 1. The van der Waals surface area contributed by atoms with Gasteiger partial charge in [-0.05, 0) is 40.2 Å². The van der Waals surface area contributed by atoms with Crippen molar-refractivity contribution in [1.29, 1.82) is 0 Å². The minimum atomic E-state index is -0.910. The summed E-state index contributed by atoms with van der Waals surface area (Å²) in [6.45, 7) is 0. The van der Waals surface area contributed by atoms with E-state index in [1.165, 1.54) is 11.3 Å². The Morgan fingerprint density at radius 3 is 2.64 bits per heavy atom. The lowest BCUT2D eigenvalue weighted by Crippen LogP contribution is -1.89. The quantitative estimate of drug-likeness (QED) is 0.911. The second-order valence-corrected chi connectivity index (χ2v) is 4.44. The topological polar surface area (TPSA) is 50.4 Å². The number of carbonyl (C=O) groups is 1. The summed E-state index contributed by atoms with van der Waals surface area (Å²) in [5.41, 5.74) is 0. The first kappa shape index (κ1) is 9.48. The van der Waals surface area contributed by atoms with E-state index >= 15 is 0 Å². The number of aromatic carboxylic acids is 1. The molecule has 0 amide bonds. The molecule has 2 aromatic rings. The maximum atomic E-state index is 10.6. The molecule has 0 unspecified atom stereocenters. The van der Waals surface area contributed by atoms with E-state index in [9.17, 15) is 4.79 Å². The van der Waals surface area contributed by atoms with Crippen LogP contribution in [0.4, 0.5) is 0 Å². The molecule has 0 bridgehead atoms. The fourth-order valence-electron chi connectivity index (χ4n) is 1.03. The van der Waals surface area contributed by atoms with E-state index < -0.39 is 5.97 Å². The average molecular weight is 273 g/mol. The largest absolute Gasteiger partial charge is 0.477 e. The minimum Gasteiger partial charge on any atom is -0.477 e. The number of halogens is 1.